The molecule has 1 heterocycles. The zero-order chi connectivity index (χ0) is 24.5. The van der Waals surface area contributed by atoms with Crippen LogP contribution < -0.4 is 4.74 Å². The number of hydrogen-bond acceptors (Lipinski definition) is 4. The minimum atomic E-state index is -0.282. The smallest absolute Gasteiger partial charge is 0.333 e. The van der Waals surface area contributed by atoms with Crippen molar-refractivity contribution in [2.45, 2.75) is 38.9 Å². The second-order valence-corrected chi connectivity index (χ2v) is 9.26. The SMILES string of the molecule is COC(=O)/C(C)=C(\c1ccc2c(c1)CC(c1ccc(-c3cc(OC)ccc3F)cc1)OC2)C1CC1. The van der Waals surface area contributed by atoms with Crippen LogP contribution in [-0.2, 0) is 27.3 Å². The van der Waals surface area contributed by atoms with Crippen LogP contribution in [0.4, 0.5) is 4.39 Å². The number of carbonyl (C=O) groups excluding carboxylic acids is 1. The molecule has 180 valence electrons. The minimum absolute atomic E-state index is 0.0861. The molecule has 1 aliphatic carbocycles. The Morgan fingerprint density at radius 1 is 0.971 bits per heavy atom. The monoisotopic (exact) mass is 472 g/mol. The molecule has 0 spiro atoms. The normalized spacial score (nSPS) is 17.9. The van der Waals surface area contributed by atoms with Gasteiger partial charge < -0.3 is 14.2 Å². The van der Waals surface area contributed by atoms with E-state index in [1.54, 1.807) is 19.2 Å². The fraction of sp³-hybridized carbons (Fsp3) is 0.300. The summed E-state index contributed by atoms with van der Waals surface area (Å²) in [5.74, 6) is 0.497. The van der Waals surface area contributed by atoms with Crippen LogP contribution >= 0.6 is 0 Å². The van der Waals surface area contributed by atoms with Crippen molar-refractivity contribution in [1.29, 1.82) is 0 Å². The van der Waals surface area contributed by atoms with Crippen molar-refractivity contribution in [2.75, 3.05) is 14.2 Å². The Balaban J connectivity index is 1.40. The lowest BCUT2D eigenvalue weighted by Crippen LogP contribution is -2.16. The molecule has 35 heavy (non-hydrogen) atoms. The largest absolute Gasteiger partial charge is 0.497 e. The van der Waals surface area contributed by atoms with Gasteiger partial charge >= 0.3 is 5.97 Å². The number of esters is 1. The molecule has 3 aromatic rings. The van der Waals surface area contributed by atoms with E-state index >= 15 is 0 Å². The summed E-state index contributed by atoms with van der Waals surface area (Å²) in [6, 6.07) is 19.0. The molecule has 5 heteroatoms. The molecule has 2 aliphatic rings. The molecule has 1 aliphatic heterocycles. The van der Waals surface area contributed by atoms with Gasteiger partial charge in [-0.2, -0.15) is 0 Å². The molecule has 1 atom stereocenters. The number of fused-ring (bicyclic) bond motifs is 1. The molecule has 1 saturated carbocycles. The van der Waals surface area contributed by atoms with Crippen LogP contribution in [0.25, 0.3) is 16.7 Å². The Kier molecular flexibility index (Phi) is 6.44. The van der Waals surface area contributed by atoms with Gasteiger partial charge in [-0.25, -0.2) is 9.18 Å². The zero-order valence-electron chi connectivity index (χ0n) is 20.3. The number of benzene rings is 3. The first kappa shape index (κ1) is 23.3. The molecule has 1 fully saturated rings. The summed E-state index contributed by atoms with van der Waals surface area (Å²) in [6.45, 7) is 2.39. The Morgan fingerprint density at radius 2 is 1.74 bits per heavy atom. The highest BCUT2D eigenvalue weighted by molar-refractivity contribution is 5.98. The van der Waals surface area contributed by atoms with Crippen molar-refractivity contribution in [1.82, 2.24) is 0 Å². The van der Waals surface area contributed by atoms with Gasteiger partial charge in [-0.1, -0.05) is 42.5 Å². The standard InChI is InChI=1S/C30H29FO4/c1-18(30(32)34-3)29(21-8-9-21)22-10-11-23-17-35-28(15-24(23)14-22)20-6-4-19(5-7-20)26-16-25(33-2)12-13-27(26)31/h4-7,10-14,16,21,28H,8-9,15,17H2,1-3H3/b29-18-. The summed E-state index contributed by atoms with van der Waals surface area (Å²) in [5.41, 5.74) is 7.65. The van der Waals surface area contributed by atoms with Gasteiger partial charge in [-0.05, 0) is 77.3 Å². The minimum Gasteiger partial charge on any atom is -0.497 e. The first-order chi connectivity index (χ1) is 17.0. The maximum Gasteiger partial charge on any atom is 0.333 e. The first-order valence-electron chi connectivity index (χ1n) is 11.9. The molecule has 0 radical (unpaired) electrons. The molecule has 0 amide bonds. The van der Waals surface area contributed by atoms with Gasteiger partial charge in [0.1, 0.15) is 11.6 Å². The van der Waals surface area contributed by atoms with Gasteiger partial charge in [-0.3, -0.25) is 0 Å². The van der Waals surface area contributed by atoms with Gasteiger partial charge in [0, 0.05) is 17.6 Å². The zero-order valence-corrected chi connectivity index (χ0v) is 20.3. The van der Waals surface area contributed by atoms with Crippen molar-refractivity contribution in [3.63, 3.8) is 0 Å². The number of rotatable bonds is 6. The summed E-state index contributed by atoms with van der Waals surface area (Å²) in [6.07, 6.45) is 2.86. The van der Waals surface area contributed by atoms with Crippen LogP contribution in [0.3, 0.4) is 0 Å². The van der Waals surface area contributed by atoms with Crippen molar-refractivity contribution in [2.24, 2.45) is 5.92 Å². The summed E-state index contributed by atoms with van der Waals surface area (Å²) < 4.78 is 30.8. The van der Waals surface area contributed by atoms with E-state index in [2.05, 4.69) is 18.2 Å². The van der Waals surface area contributed by atoms with Crippen LogP contribution in [-0.4, -0.2) is 20.2 Å². The topological polar surface area (TPSA) is 44.8 Å². The third-order valence-electron chi connectivity index (χ3n) is 7.01. The van der Waals surface area contributed by atoms with E-state index in [1.807, 2.05) is 31.2 Å². The summed E-state index contributed by atoms with van der Waals surface area (Å²) in [4.78, 5) is 12.2. The van der Waals surface area contributed by atoms with E-state index in [1.165, 1.54) is 24.3 Å². The molecule has 4 nitrogen and oxygen atoms in total. The quantitative estimate of drug-likeness (QED) is 0.297. The Bertz CT molecular complexity index is 1290. The van der Waals surface area contributed by atoms with E-state index in [-0.39, 0.29) is 17.9 Å². The van der Waals surface area contributed by atoms with Gasteiger partial charge in [-0.15, -0.1) is 0 Å². The third-order valence-corrected chi connectivity index (χ3v) is 7.01. The number of methoxy groups -OCH3 is 2. The van der Waals surface area contributed by atoms with Crippen LogP contribution in [0.1, 0.15) is 48.1 Å². The molecule has 0 bridgehead atoms. The summed E-state index contributed by atoms with van der Waals surface area (Å²) in [5, 5.41) is 0. The highest BCUT2D eigenvalue weighted by atomic mass is 19.1. The van der Waals surface area contributed by atoms with E-state index in [9.17, 15) is 9.18 Å². The molecule has 0 saturated heterocycles. The molecule has 3 aromatic carbocycles. The lowest BCUT2D eigenvalue weighted by molar-refractivity contribution is -0.135. The van der Waals surface area contributed by atoms with Crippen LogP contribution in [0.5, 0.6) is 5.75 Å². The van der Waals surface area contributed by atoms with Crippen LogP contribution in [0.15, 0.2) is 66.2 Å². The van der Waals surface area contributed by atoms with Crippen LogP contribution in [0.2, 0.25) is 0 Å². The van der Waals surface area contributed by atoms with E-state index < -0.39 is 0 Å². The predicted octanol–water partition coefficient (Wildman–Crippen LogP) is 6.67. The average Bonchev–Trinajstić information content (AvgIpc) is 3.73. The fourth-order valence-electron chi connectivity index (χ4n) is 4.91. The molecule has 0 aromatic heterocycles. The Labute approximate surface area is 205 Å². The highest BCUT2D eigenvalue weighted by Gasteiger charge is 2.31. The number of allylic oxidation sites excluding steroid dienone is 1. The Morgan fingerprint density at radius 3 is 2.43 bits per heavy atom. The maximum atomic E-state index is 14.4. The number of carbonyl (C=O) groups is 1. The van der Waals surface area contributed by atoms with Gasteiger partial charge in [0.05, 0.1) is 26.9 Å². The summed E-state index contributed by atoms with van der Waals surface area (Å²) in [7, 11) is 3.00. The van der Waals surface area contributed by atoms with Gasteiger partial charge in [0.15, 0.2) is 0 Å². The molecular weight excluding hydrogens is 443 g/mol. The lowest BCUT2D eigenvalue weighted by atomic mass is 9.89. The molecular formula is C30H29FO4. The number of hydrogen-bond donors (Lipinski definition) is 0. The second kappa shape index (κ2) is 9.67. The van der Waals surface area contributed by atoms with Crippen molar-refractivity contribution < 1.29 is 23.4 Å². The molecule has 1 unspecified atom stereocenters. The second-order valence-electron chi connectivity index (χ2n) is 9.26. The number of ether oxygens (including phenoxy) is 3. The summed E-state index contributed by atoms with van der Waals surface area (Å²) >= 11 is 0. The molecule has 5 rings (SSSR count). The predicted molar refractivity (Wildman–Crippen MR) is 133 cm³/mol. The third kappa shape index (κ3) is 4.73. The van der Waals surface area contributed by atoms with E-state index in [0.717, 1.165) is 41.5 Å². The van der Waals surface area contributed by atoms with Crippen molar-refractivity contribution in [3.05, 3.63) is 94.3 Å². The highest BCUT2D eigenvalue weighted by Crippen LogP contribution is 2.45. The van der Waals surface area contributed by atoms with Gasteiger partial charge in [0.25, 0.3) is 0 Å². The van der Waals surface area contributed by atoms with Crippen molar-refractivity contribution >= 4 is 11.5 Å². The van der Waals surface area contributed by atoms with Crippen LogP contribution in [0, 0.1) is 11.7 Å². The molecule has 0 N–H and O–H groups in total. The fourth-order valence-corrected chi connectivity index (χ4v) is 4.91. The van der Waals surface area contributed by atoms with E-state index in [0.29, 0.717) is 29.4 Å². The Hall–Kier alpha value is -3.44. The lowest BCUT2D eigenvalue weighted by Gasteiger charge is -2.27. The van der Waals surface area contributed by atoms with E-state index in [4.69, 9.17) is 14.2 Å². The maximum absolute atomic E-state index is 14.4. The van der Waals surface area contributed by atoms with Gasteiger partial charge in [0.2, 0.25) is 0 Å². The average molecular weight is 473 g/mol. The van der Waals surface area contributed by atoms with Crippen molar-refractivity contribution in [3.8, 4) is 16.9 Å². The number of halogens is 1. The first-order valence-corrected chi connectivity index (χ1v) is 11.9.